The summed E-state index contributed by atoms with van der Waals surface area (Å²) in [5, 5.41) is 0. The molecule has 88 valence electrons. The molecule has 0 heterocycles. The lowest BCUT2D eigenvalue weighted by atomic mass is 10.1. The predicted octanol–water partition coefficient (Wildman–Crippen LogP) is 0.877. The van der Waals surface area contributed by atoms with E-state index in [1.807, 2.05) is 24.3 Å². The first kappa shape index (κ1) is 12.7. The second-order valence-corrected chi connectivity index (χ2v) is 3.36. The Balaban J connectivity index is 2.63. The van der Waals surface area contributed by atoms with Crippen molar-refractivity contribution in [3.8, 4) is 0 Å². The summed E-state index contributed by atoms with van der Waals surface area (Å²) < 4.78 is 9.98. The molecule has 1 aromatic rings. The zero-order valence-electron chi connectivity index (χ0n) is 9.44. The molecule has 4 nitrogen and oxygen atoms in total. The number of carbonyl (C=O) groups excluding carboxylic acids is 1. The monoisotopic (exact) mass is 223 g/mol. The minimum absolute atomic E-state index is 0.244. The molecule has 1 aromatic carbocycles. The van der Waals surface area contributed by atoms with Crippen LogP contribution in [0.2, 0.25) is 0 Å². The topological polar surface area (TPSA) is 61.5 Å². The lowest BCUT2D eigenvalue weighted by Gasteiger charge is -2.08. The largest absolute Gasteiger partial charge is 0.469 e. The molecule has 2 N–H and O–H groups in total. The van der Waals surface area contributed by atoms with Gasteiger partial charge in [0.15, 0.2) is 0 Å². The van der Waals surface area contributed by atoms with Crippen molar-refractivity contribution < 1.29 is 14.3 Å². The molecule has 0 unspecified atom stereocenters. The van der Waals surface area contributed by atoms with E-state index in [1.165, 1.54) is 7.11 Å². The van der Waals surface area contributed by atoms with Crippen molar-refractivity contribution in [2.45, 2.75) is 13.0 Å². The van der Waals surface area contributed by atoms with Gasteiger partial charge in [0.25, 0.3) is 0 Å². The number of hydrogen-bond acceptors (Lipinski definition) is 4. The Labute approximate surface area is 95.3 Å². The van der Waals surface area contributed by atoms with Crippen molar-refractivity contribution in [1.82, 2.24) is 0 Å². The molecule has 4 heteroatoms. The van der Waals surface area contributed by atoms with Gasteiger partial charge >= 0.3 is 5.97 Å². The van der Waals surface area contributed by atoms with Crippen LogP contribution in [0.25, 0.3) is 0 Å². The maximum atomic E-state index is 11.2. The first-order valence-electron chi connectivity index (χ1n) is 5.19. The SMILES string of the molecule is COC(=O)Cc1ccccc1COCCN. The highest BCUT2D eigenvalue weighted by Gasteiger charge is 2.07. The number of esters is 1. The summed E-state index contributed by atoms with van der Waals surface area (Å²) in [5.74, 6) is -0.244. The van der Waals surface area contributed by atoms with E-state index in [0.29, 0.717) is 19.8 Å². The van der Waals surface area contributed by atoms with Crippen LogP contribution in [0.1, 0.15) is 11.1 Å². The maximum absolute atomic E-state index is 11.2. The Morgan fingerprint density at radius 3 is 2.62 bits per heavy atom. The number of carbonyl (C=O) groups is 1. The zero-order chi connectivity index (χ0) is 11.8. The van der Waals surface area contributed by atoms with E-state index in [-0.39, 0.29) is 12.4 Å². The van der Waals surface area contributed by atoms with Gasteiger partial charge in [-0.1, -0.05) is 24.3 Å². The molecule has 16 heavy (non-hydrogen) atoms. The maximum Gasteiger partial charge on any atom is 0.309 e. The van der Waals surface area contributed by atoms with Crippen LogP contribution >= 0.6 is 0 Å². The molecular weight excluding hydrogens is 206 g/mol. The van der Waals surface area contributed by atoms with Gasteiger partial charge < -0.3 is 15.2 Å². The average Bonchev–Trinajstić information content (AvgIpc) is 2.31. The Morgan fingerprint density at radius 2 is 2.00 bits per heavy atom. The van der Waals surface area contributed by atoms with Crippen LogP contribution in [0.5, 0.6) is 0 Å². The van der Waals surface area contributed by atoms with Gasteiger partial charge in [-0.25, -0.2) is 0 Å². The highest BCUT2D eigenvalue weighted by atomic mass is 16.5. The first-order chi connectivity index (χ1) is 7.77. The van der Waals surface area contributed by atoms with Gasteiger partial charge in [-0.05, 0) is 11.1 Å². The molecule has 0 saturated carbocycles. The fourth-order valence-corrected chi connectivity index (χ4v) is 1.36. The van der Waals surface area contributed by atoms with E-state index < -0.39 is 0 Å². The molecule has 0 saturated heterocycles. The van der Waals surface area contributed by atoms with Crippen LogP contribution in [0.4, 0.5) is 0 Å². The van der Waals surface area contributed by atoms with E-state index in [1.54, 1.807) is 0 Å². The second kappa shape index (κ2) is 6.98. The molecule has 0 aliphatic carbocycles. The molecule has 0 amide bonds. The van der Waals surface area contributed by atoms with Crippen molar-refractivity contribution in [3.63, 3.8) is 0 Å². The minimum Gasteiger partial charge on any atom is -0.469 e. The highest BCUT2D eigenvalue weighted by molar-refractivity contribution is 5.72. The van der Waals surface area contributed by atoms with Crippen molar-refractivity contribution in [2.24, 2.45) is 5.73 Å². The fourth-order valence-electron chi connectivity index (χ4n) is 1.36. The van der Waals surface area contributed by atoms with Gasteiger partial charge in [0.2, 0.25) is 0 Å². The van der Waals surface area contributed by atoms with Crippen molar-refractivity contribution >= 4 is 5.97 Å². The van der Waals surface area contributed by atoms with Crippen molar-refractivity contribution in [3.05, 3.63) is 35.4 Å². The Hall–Kier alpha value is -1.39. The van der Waals surface area contributed by atoms with Crippen LogP contribution in [0.3, 0.4) is 0 Å². The van der Waals surface area contributed by atoms with Gasteiger partial charge in [-0.2, -0.15) is 0 Å². The van der Waals surface area contributed by atoms with E-state index in [4.69, 9.17) is 10.5 Å². The number of nitrogens with two attached hydrogens (primary N) is 1. The van der Waals surface area contributed by atoms with Gasteiger partial charge in [0.1, 0.15) is 0 Å². The summed E-state index contributed by atoms with van der Waals surface area (Å²) in [4.78, 5) is 11.2. The van der Waals surface area contributed by atoms with E-state index in [0.717, 1.165) is 11.1 Å². The summed E-state index contributed by atoms with van der Waals surface area (Å²) in [6.07, 6.45) is 0.276. The molecule has 1 rings (SSSR count). The third kappa shape index (κ3) is 4.00. The zero-order valence-corrected chi connectivity index (χ0v) is 9.44. The second-order valence-electron chi connectivity index (χ2n) is 3.36. The van der Waals surface area contributed by atoms with Crippen LogP contribution < -0.4 is 5.73 Å². The van der Waals surface area contributed by atoms with Crippen molar-refractivity contribution in [1.29, 1.82) is 0 Å². The fraction of sp³-hybridized carbons (Fsp3) is 0.417. The number of benzene rings is 1. The van der Waals surface area contributed by atoms with Crippen LogP contribution in [-0.4, -0.2) is 26.2 Å². The third-order valence-corrected chi connectivity index (χ3v) is 2.20. The predicted molar refractivity (Wildman–Crippen MR) is 60.9 cm³/mol. The summed E-state index contributed by atoms with van der Waals surface area (Å²) in [6.45, 7) is 1.50. The van der Waals surface area contributed by atoms with Crippen LogP contribution in [0.15, 0.2) is 24.3 Å². The standard InChI is InChI=1S/C12H17NO3/c1-15-12(14)8-10-4-2-3-5-11(10)9-16-7-6-13/h2-5H,6-9,13H2,1H3. The van der Waals surface area contributed by atoms with E-state index in [9.17, 15) is 4.79 Å². The number of ether oxygens (including phenoxy) is 2. The molecule has 0 bridgehead atoms. The molecule has 0 aliphatic heterocycles. The summed E-state index contributed by atoms with van der Waals surface area (Å²) in [6, 6.07) is 7.65. The van der Waals surface area contributed by atoms with E-state index in [2.05, 4.69) is 4.74 Å². The Bertz CT molecular complexity index is 339. The lowest BCUT2D eigenvalue weighted by Crippen LogP contribution is -2.10. The van der Waals surface area contributed by atoms with Gasteiger partial charge in [0.05, 0.1) is 26.7 Å². The first-order valence-corrected chi connectivity index (χ1v) is 5.19. The quantitative estimate of drug-likeness (QED) is 0.574. The van der Waals surface area contributed by atoms with Gasteiger partial charge in [-0.15, -0.1) is 0 Å². The van der Waals surface area contributed by atoms with E-state index >= 15 is 0 Å². The van der Waals surface area contributed by atoms with Crippen LogP contribution in [0, 0.1) is 0 Å². The Kier molecular flexibility index (Phi) is 5.53. The highest BCUT2D eigenvalue weighted by Crippen LogP contribution is 2.11. The molecular formula is C12H17NO3. The van der Waals surface area contributed by atoms with Crippen molar-refractivity contribution in [2.75, 3.05) is 20.3 Å². The smallest absolute Gasteiger partial charge is 0.309 e. The number of methoxy groups -OCH3 is 1. The normalized spacial score (nSPS) is 10.1. The molecule has 0 atom stereocenters. The van der Waals surface area contributed by atoms with Crippen LogP contribution in [-0.2, 0) is 27.3 Å². The number of rotatable bonds is 6. The summed E-state index contributed by atoms with van der Waals surface area (Å²) in [7, 11) is 1.38. The molecule has 0 spiro atoms. The molecule has 0 fully saturated rings. The van der Waals surface area contributed by atoms with Gasteiger partial charge in [0, 0.05) is 6.54 Å². The molecule has 0 radical (unpaired) electrons. The lowest BCUT2D eigenvalue weighted by molar-refractivity contribution is -0.139. The minimum atomic E-state index is -0.244. The molecule has 0 aliphatic rings. The average molecular weight is 223 g/mol. The number of hydrogen-bond donors (Lipinski definition) is 1. The summed E-state index contributed by atoms with van der Waals surface area (Å²) >= 11 is 0. The Morgan fingerprint density at radius 1 is 1.31 bits per heavy atom. The molecule has 0 aromatic heterocycles. The summed E-state index contributed by atoms with van der Waals surface area (Å²) in [5.41, 5.74) is 7.27. The third-order valence-electron chi connectivity index (χ3n) is 2.20. The van der Waals surface area contributed by atoms with Gasteiger partial charge in [-0.3, -0.25) is 4.79 Å².